The number of hydrogen-bond donors (Lipinski definition) is 1. The van der Waals surface area contributed by atoms with Crippen molar-refractivity contribution in [2.75, 3.05) is 6.54 Å². The van der Waals surface area contributed by atoms with Crippen molar-refractivity contribution < 1.29 is 4.79 Å². The van der Waals surface area contributed by atoms with Gasteiger partial charge in [-0.3, -0.25) is 4.79 Å². The van der Waals surface area contributed by atoms with E-state index in [1.54, 1.807) is 6.92 Å². The van der Waals surface area contributed by atoms with Gasteiger partial charge in [0, 0.05) is 6.54 Å². The molecular formula is C14H16N2O. The molecule has 1 aliphatic rings. The summed E-state index contributed by atoms with van der Waals surface area (Å²) in [6, 6.07) is 1.86. The van der Waals surface area contributed by atoms with E-state index in [9.17, 15) is 4.79 Å². The van der Waals surface area contributed by atoms with Crippen LogP contribution < -0.4 is 5.32 Å². The Kier molecular flexibility index (Phi) is 4.96. The van der Waals surface area contributed by atoms with Gasteiger partial charge in [-0.2, -0.15) is 5.26 Å². The summed E-state index contributed by atoms with van der Waals surface area (Å²) >= 11 is 0. The fourth-order valence-electron chi connectivity index (χ4n) is 1.51. The van der Waals surface area contributed by atoms with E-state index in [-0.39, 0.29) is 11.5 Å². The van der Waals surface area contributed by atoms with E-state index in [4.69, 9.17) is 5.26 Å². The summed E-state index contributed by atoms with van der Waals surface area (Å²) in [6.07, 6.45) is 11.6. The van der Waals surface area contributed by atoms with Crippen molar-refractivity contribution in [1.82, 2.24) is 5.32 Å². The van der Waals surface area contributed by atoms with Crippen LogP contribution in [-0.2, 0) is 4.79 Å². The summed E-state index contributed by atoms with van der Waals surface area (Å²) in [4.78, 5) is 11.5. The van der Waals surface area contributed by atoms with Crippen LogP contribution in [-0.4, -0.2) is 12.5 Å². The average molecular weight is 228 g/mol. The lowest BCUT2D eigenvalue weighted by molar-refractivity contribution is -0.116. The molecule has 0 fully saturated rings. The first-order valence-corrected chi connectivity index (χ1v) is 5.57. The molecule has 0 saturated heterocycles. The molecule has 88 valence electrons. The van der Waals surface area contributed by atoms with E-state index in [2.05, 4.69) is 24.4 Å². The number of nitrogens with one attached hydrogen (secondary N) is 1. The minimum atomic E-state index is -0.325. The number of nitriles is 1. The smallest absolute Gasteiger partial charge is 0.261 e. The number of amides is 1. The fourth-order valence-corrected chi connectivity index (χ4v) is 1.51. The molecule has 1 rings (SSSR count). The van der Waals surface area contributed by atoms with Gasteiger partial charge in [0.05, 0.1) is 0 Å². The number of nitrogens with zero attached hydrogens (tertiary/aromatic N) is 1. The lowest BCUT2D eigenvalue weighted by atomic mass is 10.1. The Balaban J connectivity index is 2.58. The summed E-state index contributed by atoms with van der Waals surface area (Å²) in [5, 5.41) is 11.4. The van der Waals surface area contributed by atoms with Gasteiger partial charge in [-0.1, -0.05) is 43.4 Å². The van der Waals surface area contributed by atoms with E-state index in [0.29, 0.717) is 12.5 Å². The molecule has 1 atom stereocenters. The van der Waals surface area contributed by atoms with Crippen molar-refractivity contribution in [3.05, 3.63) is 47.6 Å². The van der Waals surface area contributed by atoms with Crippen LogP contribution in [0.3, 0.4) is 0 Å². The molecule has 0 aliphatic heterocycles. The largest absolute Gasteiger partial charge is 0.347 e. The van der Waals surface area contributed by atoms with Gasteiger partial charge in [0.25, 0.3) is 5.91 Å². The van der Waals surface area contributed by atoms with Crippen molar-refractivity contribution in [2.45, 2.75) is 13.8 Å². The van der Waals surface area contributed by atoms with Gasteiger partial charge in [0.15, 0.2) is 0 Å². The predicted molar refractivity (Wildman–Crippen MR) is 67.9 cm³/mol. The van der Waals surface area contributed by atoms with Crippen LogP contribution in [0.25, 0.3) is 0 Å². The van der Waals surface area contributed by atoms with Crippen LogP contribution in [0, 0.1) is 17.2 Å². The first kappa shape index (κ1) is 13.0. The number of allylic oxidation sites excluding steroid dienone is 5. The van der Waals surface area contributed by atoms with Gasteiger partial charge in [0.2, 0.25) is 0 Å². The van der Waals surface area contributed by atoms with Gasteiger partial charge in [0.1, 0.15) is 11.6 Å². The van der Waals surface area contributed by atoms with E-state index < -0.39 is 0 Å². The van der Waals surface area contributed by atoms with E-state index >= 15 is 0 Å². The zero-order valence-electron chi connectivity index (χ0n) is 10.1. The highest BCUT2D eigenvalue weighted by molar-refractivity contribution is 5.97. The van der Waals surface area contributed by atoms with Crippen LogP contribution in [0.2, 0.25) is 0 Å². The first-order valence-electron chi connectivity index (χ1n) is 5.57. The van der Waals surface area contributed by atoms with Crippen LogP contribution in [0.5, 0.6) is 0 Å². The third-order valence-electron chi connectivity index (χ3n) is 2.42. The normalized spacial score (nSPS) is 19.2. The summed E-state index contributed by atoms with van der Waals surface area (Å²) < 4.78 is 0. The van der Waals surface area contributed by atoms with E-state index in [1.165, 1.54) is 6.08 Å². The Hall–Kier alpha value is -2.08. The molecule has 0 aromatic carbocycles. The monoisotopic (exact) mass is 228 g/mol. The second-order valence-corrected chi connectivity index (χ2v) is 3.84. The quantitative estimate of drug-likeness (QED) is 0.595. The Morgan fingerprint density at radius 1 is 1.59 bits per heavy atom. The van der Waals surface area contributed by atoms with Crippen LogP contribution in [0.15, 0.2) is 47.6 Å². The molecule has 0 saturated carbocycles. The summed E-state index contributed by atoms with van der Waals surface area (Å²) in [7, 11) is 0. The molecule has 17 heavy (non-hydrogen) atoms. The highest BCUT2D eigenvalue weighted by Crippen LogP contribution is 2.10. The standard InChI is InChI=1S/C14H16N2O/c1-3-13(9-15)14(17)16-10-12-7-5-4-6-11(2)8-12/h3-8,11H,10H2,1-2H3,(H,16,17)/b13-3+. The van der Waals surface area contributed by atoms with Gasteiger partial charge < -0.3 is 5.32 Å². The molecule has 3 nitrogen and oxygen atoms in total. The first-order chi connectivity index (χ1) is 8.17. The van der Waals surface area contributed by atoms with Crippen molar-refractivity contribution in [2.24, 2.45) is 5.92 Å². The average Bonchev–Trinajstić information content (AvgIpc) is 2.52. The van der Waals surface area contributed by atoms with Crippen molar-refractivity contribution in [3.8, 4) is 6.07 Å². The maximum absolute atomic E-state index is 11.5. The molecular weight excluding hydrogens is 212 g/mol. The highest BCUT2D eigenvalue weighted by Gasteiger charge is 2.07. The third kappa shape index (κ3) is 4.12. The molecule has 0 heterocycles. The highest BCUT2D eigenvalue weighted by atomic mass is 16.1. The zero-order valence-corrected chi connectivity index (χ0v) is 10.1. The fraction of sp³-hybridized carbons (Fsp3) is 0.286. The molecule has 0 spiro atoms. The maximum Gasteiger partial charge on any atom is 0.261 e. The van der Waals surface area contributed by atoms with Crippen LogP contribution in [0.4, 0.5) is 0 Å². The predicted octanol–water partition coefficient (Wildman–Crippen LogP) is 2.26. The van der Waals surface area contributed by atoms with E-state index in [0.717, 1.165) is 5.57 Å². The molecule has 0 bridgehead atoms. The molecule has 0 radical (unpaired) electrons. The minimum absolute atomic E-state index is 0.148. The molecule has 1 unspecified atom stereocenters. The van der Waals surface area contributed by atoms with E-state index in [1.807, 2.05) is 24.3 Å². The summed E-state index contributed by atoms with van der Waals surface area (Å²) in [5.74, 6) is 0.0308. The van der Waals surface area contributed by atoms with Crippen molar-refractivity contribution in [1.29, 1.82) is 5.26 Å². The van der Waals surface area contributed by atoms with Crippen LogP contribution in [0.1, 0.15) is 13.8 Å². The Morgan fingerprint density at radius 2 is 2.35 bits per heavy atom. The molecule has 0 aromatic rings. The molecule has 3 heteroatoms. The third-order valence-corrected chi connectivity index (χ3v) is 2.42. The Morgan fingerprint density at radius 3 is 3.00 bits per heavy atom. The number of rotatable bonds is 3. The topological polar surface area (TPSA) is 52.9 Å². The van der Waals surface area contributed by atoms with Gasteiger partial charge in [-0.25, -0.2) is 0 Å². The lowest BCUT2D eigenvalue weighted by Gasteiger charge is -2.06. The van der Waals surface area contributed by atoms with Gasteiger partial charge in [-0.15, -0.1) is 0 Å². The van der Waals surface area contributed by atoms with Crippen molar-refractivity contribution >= 4 is 5.91 Å². The minimum Gasteiger partial charge on any atom is -0.347 e. The zero-order chi connectivity index (χ0) is 12.7. The summed E-state index contributed by atoms with van der Waals surface area (Å²) in [5.41, 5.74) is 1.19. The molecule has 1 N–H and O–H groups in total. The second kappa shape index (κ2) is 6.49. The van der Waals surface area contributed by atoms with Crippen molar-refractivity contribution in [3.63, 3.8) is 0 Å². The lowest BCUT2D eigenvalue weighted by Crippen LogP contribution is -2.26. The number of carbonyl (C=O) groups excluding carboxylic acids is 1. The van der Waals surface area contributed by atoms with Crippen LogP contribution >= 0.6 is 0 Å². The molecule has 0 aromatic heterocycles. The maximum atomic E-state index is 11.5. The van der Waals surface area contributed by atoms with Gasteiger partial charge >= 0.3 is 0 Å². The second-order valence-electron chi connectivity index (χ2n) is 3.84. The SMILES string of the molecule is C/C=C(\C#N)C(=O)NCC1=CC(C)C=CC=C1. The Bertz CT molecular complexity index is 447. The Labute approximate surface area is 102 Å². The molecule has 1 amide bonds. The summed E-state index contributed by atoms with van der Waals surface area (Å²) in [6.45, 7) is 4.20. The molecule has 1 aliphatic carbocycles. The number of carbonyl (C=O) groups is 1. The number of hydrogen-bond acceptors (Lipinski definition) is 2. The van der Waals surface area contributed by atoms with Gasteiger partial charge in [-0.05, 0) is 18.4 Å².